The van der Waals surface area contributed by atoms with Gasteiger partial charge in [-0.25, -0.2) is 4.79 Å². The summed E-state index contributed by atoms with van der Waals surface area (Å²) in [4.78, 5) is 22.0. The molecule has 7 heteroatoms. The van der Waals surface area contributed by atoms with Gasteiger partial charge in [0.05, 0.1) is 13.2 Å². The molecule has 1 aromatic rings. The fourth-order valence-electron chi connectivity index (χ4n) is 0.927. The van der Waals surface area contributed by atoms with Crippen LogP contribution in [0.4, 0.5) is 4.79 Å². The average molecular weight is 227 g/mol. The molecule has 0 unspecified atom stereocenters. The number of aromatic nitrogens is 1. The van der Waals surface area contributed by atoms with Gasteiger partial charge in [0.25, 0.3) is 0 Å². The highest BCUT2D eigenvalue weighted by atomic mass is 16.5. The van der Waals surface area contributed by atoms with Crippen molar-refractivity contribution in [3.8, 4) is 0 Å². The number of hydrogen-bond acceptors (Lipinski definition) is 5. The van der Waals surface area contributed by atoms with E-state index in [0.717, 1.165) is 0 Å². The van der Waals surface area contributed by atoms with Crippen LogP contribution >= 0.6 is 0 Å². The second kappa shape index (κ2) is 6.44. The van der Waals surface area contributed by atoms with E-state index in [1.165, 1.54) is 6.26 Å². The van der Waals surface area contributed by atoms with Crippen molar-refractivity contribution >= 4 is 12.0 Å². The predicted octanol–water partition coefficient (Wildman–Crippen LogP) is 0.0369. The lowest BCUT2D eigenvalue weighted by molar-refractivity contribution is -0.141. The molecule has 88 valence electrons. The first-order valence-electron chi connectivity index (χ1n) is 4.79. The zero-order chi connectivity index (χ0) is 11.8. The molecule has 0 spiro atoms. The summed E-state index contributed by atoms with van der Waals surface area (Å²) < 4.78 is 9.21. The third-order valence-electron chi connectivity index (χ3n) is 1.62. The first-order valence-corrected chi connectivity index (χ1v) is 4.79. The van der Waals surface area contributed by atoms with Gasteiger partial charge >= 0.3 is 12.0 Å². The Balaban J connectivity index is 2.14. The van der Waals surface area contributed by atoms with E-state index in [2.05, 4.69) is 25.1 Å². The molecule has 0 bridgehead atoms. The Morgan fingerprint density at radius 2 is 2.31 bits per heavy atom. The van der Waals surface area contributed by atoms with Crippen LogP contribution in [0.25, 0.3) is 0 Å². The van der Waals surface area contributed by atoms with Gasteiger partial charge in [-0.15, -0.1) is 0 Å². The van der Waals surface area contributed by atoms with Gasteiger partial charge in [0.15, 0.2) is 0 Å². The van der Waals surface area contributed by atoms with Crippen LogP contribution in [-0.2, 0) is 16.1 Å². The number of ether oxygens (including phenoxy) is 1. The molecular weight excluding hydrogens is 214 g/mol. The molecule has 2 N–H and O–H groups in total. The smallest absolute Gasteiger partial charge is 0.325 e. The van der Waals surface area contributed by atoms with Crippen LogP contribution in [0.1, 0.15) is 12.6 Å². The Kier molecular flexibility index (Phi) is 4.84. The molecule has 0 aliphatic carbocycles. The molecule has 0 atom stereocenters. The van der Waals surface area contributed by atoms with E-state index in [1.807, 2.05) is 0 Å². The molecular formula is C9H13N3O4. The number of urea groups is 1. The lowest BCUT2D eigenvalue weighted by Crippen LogP contribution is -2.38. The number of amides is 2. The summed E-state index contributed by atoms with van der Waals surface area (Å²) in [7, 11) is 0. The molecule has 0 saturated carbocycles. The monoisotopic (exact) mass is 227 g/mol. The van der Waals surface area contributed by atoms with Gasteiger partial charge in [-0.1, -0.05) is 5.16 Å². The molecule has 0 aliphatic heterocycles. The maximum absolute atomic E-state index is 11.2. The summed E-state index contributed by atoms with van der Waals surface area (Å²) in [5.74, 6) is -0.473. The maximum Gasteiger partial charge on any atom is 0.325 e. The van der Waals surface area contributed by atoms with Gasteiger partial charge in [-0.05, 0) is 6.92 Å². The number of rotatable bonds is 5. The quantitative estimate of drug-likeness (QED) is 0.692. The standard InChI is InChI=1S/C9H13N3O4/c1-2-15-8(13)6-11-9(14)10-5-7-3-4-16-12-7/h3-4H,2,5-6H2,1H3,(H2,10,11,14). The third kappa shape index (κ3) is 4.45. The van der Waals surface area contributed by atoms with E-state index in [-0.39, 0.29) is 13.1 Å². The van der Waals surface area contributed by atoms with Crippen LogP contribution in [0.2, 0.25) is 0 Å². The number of carbonyl (C=O) groups excluding carboxylic acids is 2. The van der Waals surface area contributed by atoms with Gasteiger partial charge in [0.2, 0.25) is 0 Å². The molecule has 0 fully saturated rings. The van der Waals surface area contributed by atoms with E-state index in [9.17, 15) is 9.59 Å². The molecule has 1 rings (SSSR count). The van der Waals surface area contributed by atoms with Crippen LogP contribution in [0.5, 0.6) is 0 Å². The van der Waals surface area contributed by atoms with Crippen LogP contribution in [0, 0.1) is 0 Å². The van der Waals surface area contributed by atoms with Gasteiger partial charge in [0.1, 0.15) is 18.5 Å². The number of nitrogens with one attached hydrogen (secondary N) is 2. The summed E-state index contributed by atoms with van der Waals surface area (Å²) in [6.45, 7) is 2.08. The molecule has 0 radical (unpaired) electrons. The molecule has 1 heterocycles. The summed E-state index contributed by atoms with van der Waals surface area (Å²) in [6.07, 6.45) is 1.41. The van der Waals surface area contributed by atoms with Crippen LogP contribution < -0.4 is 10.6 Å². The minimum absolute atomic E-state index is 0.154. The Hall–Kier alpha value is -2.05. The third-order valence-corrected chi connectivity index (χ3v) is 1.62. The van der Waals surface area contributed by atoms with Crippen molar-refractivity contribution in [1.29, 1.82) is 0 Å². The number of carbonyl (C=O) groups is 2. The number of esters is 1. The Bertz CT molecular complexity index is 337. The SMILES string of the molecule is CCOC(=O)CNC(=O)NCc1ccon1. The first kappa shape index (κ1) is 12.0. The summed E-state index contributed by atoms with van der Waals surface area (Å²) in [5.41, 5.74) is 0.603. The van der Waals surface area contributed by atoms with Crippen molar-refractivity contribution in [2.24, 2.45) is 0 Å². The zero-order valence-electron chi connectivity index (χ0n) is 8.86. The van der Waals surface area contributed by atoms with Crippen molar-refractivity contribution in [3.05, 3.63) is 18.0 Å². The van der Waals surface area contributed by atoms with E-state index < -0.39 is 12.0 Å². The van der Waals surface area contributed by atoms with Crippen LogP contribution in [0.15, 0.2) is 16.9 Å². The molecule has 16 heavy (non-hydrogen) atoms. The van der Waals surface area contributed by atoms with E-state index in [1.54, 1.807) is 13.0 Å². The summed E-state index contributed by atoms with van der Waals surface area (Å²) in [6, 6.07) is 1.17. The fourth-order valence-corrected chi connectivity index (χ4v) is 0.927. The Labute approximate surface area is 92.1 Å². The maximum atomic E-state index is 11.2. The minimum Gasteiger partial charge on any atom is -0.465 e. The molecule has 1 aromatic heterocycles. The van der Waals surface area contributed by atoms with Crippen LogP contribution in [0.3, 0.4) is 0 Å². The van der Waals surface area contributed by atoms with E-state index >= 15 is 0 Å². The predicted molar refractivity (Wildman–Crippen MR) is 53.4 cm³/mol. The highest BCUT2D eigenvalue weighted by Gasteiger charge is 2.05. The fraction of sp³-hybridized carbons (Fsp3) is 0.444. The lowest BCUT2D eigenvalue weighted by Gasteiger charge is -2.05. The second-order valence-corrected chi connectivity index (χ2v) is 2.83. The highest BCUT2D eigenvalue weighted by molar-refractivity contribution is 5.80. The minimum atomic E-state index is -0.473. The summed E-state index contributed by atoms with van der Waals surface area (Å²) in [5, 5.41) is 8.45. The highest BCUT2D eigenvalue weighted by Crippen LogP contribution is 1.92. The molecule has 0 aliphatic rings. The van der Waals surface area contributed by atoms with Gasteiger partial charge in [0, 0.05) is 6.07 Å². The van der Waals surface area contributed by atoms with Gasteiger partial charge < -0.3 is 19.9 Å². The van der Waals surface area contributed by atoms with E-state index in [4.69, 9.17) is 0 Å². The summed E-state index contributed by atoms with van der Waals surface area (Å²) >= 11 is 0. The van der Waals surface area contributed by atoms with Crippen molar-refractivity contribution in [2.45, 2.75) is 13.5 Å². The Morgan fingerprint density at radius 1 is 1.50 bits per heavy atom. The van der Waals surface area contributed by atoms with E-state index in [0.29, 0.717) is 12.3 Å². The molecule has 2 amide bonds. The normalized spacial score (nSPS) is 9.56. The van der Waals surface area contributed by atoms with Crippen molar-refractivity contribution in [1.82, 2.24) is 15.8 Å². The number of hydrogen-bond donors (Lipinski definition) is 2. The van der Waals surface area contributed by atoms with Crippen molar-refractivity contribution in [2.75, 3.05) is 13.2 Å². The van der Waals surface area contributed by atoms with Crippen molar-refractivity contribution in [3.63, 3.8) is 0 Å². The second-order valence-electron chi connectivity index (χ2n) is 2.83. The Morgan fingerprint density at radius 3 is 2.94 bits per heavy atom. The topological polar surface area (TPSA) is 93.5 Å². The lowest BCUT2D eigenvalue weighted by atomic mass is 10.4. The van der Waals surface area contributed by atoms with Gasteiger partial charge in [-0.3, -0.25) is 4.79 Å². The number of nitrogens with zero attached hydrogens (tertiary/aromatic N) is 1. The molecule has 7 nitrogen and oxygen atoms in total. The van der Waals surface area contributed by atoms with Crippen LogP contribution in [-0.4, -0.2) is 30.3 Å². The van der Waals surface area contributed by atoms with Gasteiger partial charge in [-0.2, -0.15) is 0 Å². The zero-order valence-corrected chi connectivity index (χ0v) is 8.86. The molecule has 0 aromatic carbocycles. The van der Waals surface area contributed by atoms with Crippen molar-refractivity contribution < 1.29 is 18.8 Å². The average Bonchev–Trinajstić information content (AvgIpc) is 2.77. The first-order chi connectivity index (χ1) is 7.72. The largest absolute Gasteiger partial charge is 0.465 e. The molecule has 0 saturated heterocycles.